The molecule has 2 aromatic carbocycles. The van der Waals surface area contributed by atoms with Crippen molar-refractivity contribution >= 4 is 11.7 Å². The normalized spacial score (nSPS) is 15.8. The minimum absolute atomic E-state index is 0.280. The molecule has 3 rings (SSSR count). The highest BCUT2D eigenvalue weighted by molar-refractivity contribution is 5.89. The molecule has 0 bridgehead atoms. The topological polar surface area (TPSA) is 77.0 Å². The number of benzene rings is 2. The Morgan fingerprint density at radius 2 is 1.86 bits per heavy atom. The summed E-state index contributed by atoms with van der Waals surface area (Å²) >= 11 is 0. The molecule has 2 aromatic rings. The second-order valence-corrected chi connectivity index (χ2v) is 4.72. The molecule has 0 amide bonds. The summed E-state index contributed by atoms with van der Waals surface area (Å²) < 4.78 is 4.96. The van der Waals surface area contributed by atoms with Crippen LogP contribution in [-0.2, 0) is 4.74 Å². The molecular formula is C16H15N3O2. The predicted molar refractivity (Wildman–Crippen MR) is 78.3 cm³/mol. The van der Waals surface area contributed by atoms with Crippen LogP contribution in [0.1, 0.15) is 29.0 Å². The largest absolute Gasteiger partial charge is 0.462 e. The van der Waals surface area contributed by atoms with Gasteiger partial charge in [0.05, 0.1) is 22.9 Å². The van der Waals surface area contributed by atoms with Crippen LogP contribution in [0.4, 0.5) is 5.69 Å². The number of nitrogen functional groups attached to an aromatic ring is 1. The molecule has 5 nitrogen and oxygen atoms in total. The third kappa shape index (κ3) is 2.63. The lowest BCUT2D eigenvalue weighted by molar-refractivity contribution is 0.0526. The lowest BCUT2D eigenvalue weighted by Gasteiger charge is -2.06. The van der Waals surface area contributed by atoms with Gasteiger partial charge in [0, 0.05) is 5.69 Å². The van der Waals surface area contributed by atoms with E-state index in [4.69, 9.17) is 10.5 Å². The van der Waals surface area contributed by atoms with Gasteiger partial charge in [-0.1, -0.05) is 12.1 Å². The molecule has 1 aliphatic rings. The van der Waals surface area contributed by atoms with E-state index in [0.29, 0.717) is 17.9 Å². The number of rotatable bonds is 3. The number of fused-ring (bicyclic) bond motifs is 1. The van der Waals surface area contributed by atoms with Gasteiger partial charge < -0.3 is 10.5 Å². The lowest BCUT2D eigenvalue weighted by Crippen LogP contribution is -2.21. The summed E-state index contributed by atoms with van der Waals surface area (Å²) in [5.41, 5.74) is 7.87. The number of anilines is 1. The zero-order valence-electron chi connectivity index (χ0n) is 11.6. The molecule has 0 fully saturated rings. The van der Waals surface area contributed by atoms with Crippen molar-refractivity contribution in [3.05, 3.63) is 64.3 Å². The summed E-state index contributed by atoms with van der Waals surface area (Å²) in [6.45, 7) is 2.15. The molecule has 1 heterocycles. The van der Waals surface area contributed by atoms with Gasteiger partial charge in [0.1, 0.15) is 0 Å². The highest BCUT2D eigenvalue weighted by Crippen LogP contribution is 2.20. The van der Waals surface area contributed by atoms with E-state index in [1.165, 1.54) is 0 Å². The summed E-state index contributed by atoms with van der Waals surface area (Å²) in [6.07, 6.45) is -0.280. The number of carbonyl (C=O) groups excluding carboxylic acids is 1. The predicted octanol–water partition coefficient (Wildman–Crippen LogP) is 1.40. The Kier molecular flexibility index (Phi) is 3.39. The van der Waals surface area contributed by atoms with Crippen LogP contribution in [0.15, 0.2) is 52.4 Å². The van der Waals surface area contributed by atoms with Crippen molar-refractivity contribution in [2.75, 3.05) is 12.3 Å². The van der Waals surface area contributed by atoms with Crippen LogP contribution in [0.2, 0.25) is 0 Å². The molecule has 0 aromatic heterocycles. The molecule has 1 aliphatic heterocycles. The van der Waals surface area contributed by atoms with E-state index in [-0.39, 0.29) is 12.1 Å². The van der Waals surface area contributed by atoms with Crippen LogP contribution in [0.5, 0.6) is 0 Å². The van der Waals surface area contributed by atoms with Crippen molar-refractivity contribution in [2.45, 2.75) is 13.1 Å². The zero-order valence-corrected chi connectivity index (χ0v) is 11.6. The summed E-state index contributed by atoms with van der Waals surface area (Å²) in [5, 5.41) is 1.64. The molecule has 5 heteroatoms. The van der Waals surface area contributed by atoms with Crippen LogP contribution in [0.25, 0.3) is 0 Å². The van der Waals surface area contributed by atoms with Crippen molar-refractivity contribution < 1.29 is 9.53 Å². The van der Waals surface area contributed by atoms with Crippen molar-refractivity contribution in [1.82, 2.24) is 0 Å². The maximum Gasteiger partial charge on any atom is 0.338 e. The molecule has 0 saturated heterocycles. The van der Waals surface area contributed by atoms with Crippen LogP contribution < -0.4 is 16.4 Å². The number of esters is 1. The minimum atomic E-state index is -0.319. The van der Waals surface area contributed by atoms with Crippen molar-refractivity contribution in [3.8, 4) is 0 Å². The molecular weight excluding hydrogens is 266 g/mol. The molecule has 0 saturated carbocycles. The maximum absolute atomic E-state index is 11.6. The zero-order chi connectivity index (χ0) is 14.8. The van der Waals surface area contributed by atoms with Crippen molar-refractivity contribution in [1.29, 1.82) is 0 Å². The quantitative estimate of drug-likeness (QED) is 0.682. The van der Waals surface area contributed by atoms with E-state index in [1.807, 2.05) is 30.3 Å². The Morgan fingerprint density at radius 3 is 2.57 bits per heavy atom. The summed E-state index contributed by atoms with van der Waals surface area (Å²) in [4.78, 5) is 20.7. The van der Waals surface area contributed by atoms with Gasteiger partial charge in [0.2, 0.25) is 0 Å². The van der Waals surface area contributed by atoms with Gasteiger partial charge in [-0.25, -0.2) is 4.79 Å². The van der Waals surface area contributed by atoms with Crippen LogP contribution in [0, 0.1) is 0 Å². The molecule has 106 valence electrons. The molecule has 0 aliphatic carbocycles. The summed E-state index contributed by atoms with van der Waals surface area (Å²) in [7, 11) is 0. The molecule has 0 spiro atoms. The molecule has 0 unspecified atom stereocenters. The SMILES string of the molecule is CCOC(=O)c1ccc([C@@H]2N=c3ccc(N)cc3=N2)cc1. The standard InChI is InChI=1S/C16H15N3O2/c1-2-21-16(20)11-5-3-10(4-6-11)15-18-13-8-7-12(17)9-14(13)19-15/h3-9,15H,2,17H2,1H3/t15-/m1/s1. The third-order valence-corrected chi connectivity index (χ3v) is 3.24. The van der Waals surface area contributed by atoms with Crippen molar-refractivity contribution in [2.24, 2.45) is 9.98 Å². The second kappa shape index (κ2) is 5.36. The third-order valence-electron chi connectivity index (χ3n) is 3.24. The van der Waals surface area contributed by atoms with Gasteiger partial charge in [-0.2, -0.15) is 0 Å². The van der Waals surface area contributed by atoms with Gasteiger partial charge in [0.15, 0.2) is 6.17 Å². The molecule has 1 atom stereocenters. The number of ether oxygens (including phenoxy) is 1. The summed E-state index contributed by atoms with van der Waals surface area (Å²) in [6, 6.07) is 12.6. The average Bonchev–Trinajstić information content (AvgIpc) is 2.90. The van der Waals surface area contributed by atoms with E-state index in [9.17, 15) is 4.79 Å². The highest BCUT2D eigenvalue weighted by Gasteiger charge is 2.14. The number of hydrogen-bond donors (Lipinski definition) is 1. The monoisotopic (exact) mass is 281 g/mol. The van der Waals surface area contributed by atoms with Crippen LogP contribution in [-0.4, -0.2) is 12.6 Å². The number of carbonyl (C=O) groups is 1. The van der Waals surface area contributed by atoms with Gasteiger partial charge in [-0.15, -0.1) is 0 Å². The fourth-order valence-corrected chi connectivity index (χ4v) is 2.20. The van der Waals surface area contributed by atoms with E-state index in [1.54, 1.807) is 19.1 Å². The Labute approximate surface area is 121 Å². The molecule has 0 radical (unpaired) electrons. The van der Waals surface area contributed by atoms with Crippen LogP contribution in [0.3, 0.4) is 0 Å². The summed E-state index contributed by atoms with van der Waals surface area (Å²) in [5.74, 6) is -0.319. The molecule has 2 N–H and O–H groups in total. The number of nitrogens with two attached hydrogens (primary N) is 1. The van der Waals surface area contributed by atoms with Gasteiger partial charge in [-0.05, 0) is 42.8 Å². The average molecular weight is 281 g/mol. The Balaban J connectivity index is 1.88. The Bertz CT molecular complexity index is 797. The van der Waals surface area contributed by atoms with E-state index >= 15 is 0 Å². The van der Waals surface area contributed by atoms with Gasteiger partial charge in [0.25, 0.3) is 0 Å². The minimum Gasteiger partial charge on any atom is -0.462 e. The first-order valence-electron chi connectivity index (χ1n) is 6.75. The first-order valence-corrected chi connectivity index (χ1v) is 6.75. The van der Waals surface area contributed by atoms with E-state index in [2.05, 4.69) is 9.98 Å². The second-order valence-electron chi connectivity index (χ2n) is 4.72. The fourth-order valence-electron chi connectivity index (χ4n) is 2.20. The smallest absolute Gasteiger partial charge is 0.338 e. The number of hydrogen-bond acceptors (Lipinski definition) is 5. The van der Waals surface area contributed by atoms with E-state index < -0.39 is 0 Å². The Hall–Kier alpha value is -2.69. The van der Waals surface area contributed by atoms with Gasteiger partial charge in [-0.3, -0.25) is 9.98 Å². The Morgan fingerprint density at radius 1 is 1.14 bits per heavy atom. The maximum atomic E-state index is 11.6. The van der Waals surface area contributed by atoms with Crippen molar-refractivity contribution in [3.63, 3.8) is 0 Å². The lowest BCUT2D eigenvalue weighted by atomic mass is 10.1. The first-order chi connectivity index (χ1) is 10.2. The van der Waals surface area contributed by atoms with E-state index in [0.717, 1.165) is 16.3 Å². The highest BCUT2D eigenvalue weighted by atomic mass is 16.5. The molecule has 21 heavy (non-hydrogen) atoms. The first kappa shape index (κ1) is 13.3. The fraction of sp³-hybridized carbons (Fsp3) is 0.188. The van der Waals surface area contributed by atoms with Gasteiger partial charge >= 0.3 is 5.97 Å². The van der Waals surface area contributed by atoms with Crippen LogP contribution >= 0.6 is 0 Å². The number of nitrogens with zero attached hydrogens (tertiary/aromatic N) is 2.